The van der Waals surface area contributed by atoms with Crippen LogP contribution in [0.1, 0.15) is 127 Å². The lowest BCUT2D eigenvalue weighted by atomic mass is 9.87. The molecular weight excluding hydrogens is 376 g/mol. The maximum atomic E-state index is 12.0. The van der Waals surface area contributed by atoms with Crippen LogP contribution in [-0.2, 0) is 19.1 Å². The highest BCUT2D eigenvalue weighted by molar-refractivity contribution is 5.76. The SMILES string of the molecule is CCC(C)(C)C(=O)OC(C)(C)C1CCCC1.CCC(C)(C)C(=O)OC1(C)CCCC1. The van der Waals surface area contributed by atoms with Gasteiger partial charge in [0.05, 0.1) is 10.8 Å². The standard InChI is InChI=1S/C14H26O2.C12H22O2/c1-6-13(2,3)12(15)16-14(4,5)11-9-7-8-10-11;1-5-11(2,3)10(13)14-12(4)8-6-7-9-12/h11H,6-10H2,1-5H3;5-9H2,1-4H3. The van der Waals surface area contributed by atoms with Gasteiger partial charge in [-0.1, -0.05) is 26.7 Å². The second-order valence-electron chi connectivity index (χ2n) is 11.5. The van der Waals surface area contributed by atoms with Gasteiger partial charge < -0.3 is 9.47 Å². The monoisotopic (exact) mass is 424 g/mol. The van der Waals surface area contributed by atoms with E-state index < -0.39 is 0 Å². The first kappa shape index (κ1) is 27.0. The van der Waals surface area contributed by atoms with E-state index in [1.807, 2.05) is 41.5 Å². The molecule has 0 unspecified atom stereocenters. The Labute approximate surface area is 185 Å². The van der Waals surface area contributed by atoms with Crippen molar-refractivity contribution in [3.8, 4) is 0 Å². The minimum Gasteiger partial charge on any atom is -0.459 e. The number of carbonyl (C=O) groups is 2. The van der Waals surface area contributed by atoms with Crippen molar-refractivity contribution in [2.45, 2.75) is 138 Å². The van der Waals surface area contributed by atoms with E-state index in [1.54, 1.807) is 0 Å². The Hall–Kier alpha value is -1.06. The molecule has 4 heteroatoms. The summed E-state index contributed by atoms with van der Waals surface area (Å²) in [4.78, 5) is 23.9. The van der Waals surface area contributed by atoms with Crippen LogP contribution in [-0.4, -0.2) is 23.1 Å². The molecule has 0 heterocycles. The van der Waals surface area contributed by atoms with Crippen LogP contribution in [0.4, 0.5) is 0 Å². The zero-order valence-corrected chi connectivity index (χ0v) is 21.3. The predicted octanol–water partition coefficient (Wildman–Crippen LogP) is 7.23. The molecule has 2 aliphatic rings. The average molecular weight is 425 g/mol. The summed E-state index contributed by atoms with van der Waals surface area (Å²) in [6.45, 7) is 18.1. The van der Waals surface area contributed by atoms with Crippen LogP contribution in [0.2, 0.25) is 0 Å². The molecule has 0 aromatic rings. The fourth-order valence-electron chi connectivity index (χ4n) is 3.96. The molecule has 2 saturated carbocycles. The summed E-state index contributed by atoms with van der Waals surface area (Å²) in [7, 11) is 0. The van der Waals surface area contributed by atoms with Gasteiger partial charge in [-0.05, 0) is 106 Å². The molecule has 0 spiro atoms. The van der Waals surface area contributed by atoms with E-state index in [0.717, 1.165) is 25.7 Å². The van der Waals surface area contributed by atoms with Crippen molar-refractivity contribution < 1.29 is 19.1 Å². The highest BCUT2D eigenvalue weighted by Crippen LogP contribution is 2.38. The Morgan fingerprint density at radius 3 is 1.67 bits per heavy atom. The van der Waals surface area contributed by atoms with Crippen LogP contribution >= 0.6 is 0 Å². The van der Waals surface area contributed by atoms with Crippen LogP contribution in [0.15, 0.2) is 0 Å². The van der Waals surface area contributed by atoms with Crippen molar-refractivity contribution in [3.63, 3.8) is 0 Å². The smallest absolute Gasteiger partial charge is 0.312 e. The van der Waals surface area contributed by atoms with Crippen LogP contribution in [0.3, 0.4) is 0 Å². The van der Waals surface area contributed by atoms with Gasteiger partial charge in [0.1, 0.15) is 11.2 Å². The normalized spacial score (nSPS) is 19.8. The Morgan fingerprint density at radius 2 is 1.23 bits per heavy atom. The van der Waals surface area contributed by atoms with E-state index in [4.69, 9.17) is 9.47 Å². The molecule has 0 aromatic carbocycles. The summed E-state index contributed by atoms with van der Waals surface area (Å²) >= 11 is 0. The zero-order valence-electron chi connectivity index (χ0n) is 21.3. The number of hydrogen-bond donors (Lipinski definition) is 0. The molecule has 30 heavy (non-hydrogen) atoms. The summed E-state index contributed by atoms with van der Waals surface area (Å²) < 4.78 is 11.4. The molecular formula is C26H48O4. The molecule has 0 radical (unpaired) electrons. The van der Waals surface area contributed by atoms with Crippen LogP contribution in [0, 0.1) is 16.7 Å². The minimum atomic E-state index is -0.351. The molecule has 0 aromatic heterocycles. The van der Waals surface area contributed by atoms with Gasteiger partial charge in [0.25, 0.3) is 0 Å². The van der Waals surface area contributed by atoms with Gasteiger partial charge in [-0.15, -0.1) is 0 Å². The van der Waals surface area contributed by atoms with E-state index in [2.05, 4.69) is 20.8 Å². The van der Waals surface area contributed by atoms with E-state index in [9.17, 15) is 9.59 Å². The van der Waals surface area contributed by atoms with E-state index >= 15 is 0 Å². The topological polar surface area (TPSA) is 52.6 Å². The molecule has 0 bridgehead atoms. The molecule has 4 nitrogen and oxygen atoms in total. The Bertz CT molecular complexity index is 562. The zero-order chi connectivity index (χ0) is 23.2. The summed E-state index contributed by atoms with van der Waals surface area (Å²) in [6.07, 6.45) is 11.1. The average Bonchev–Trinajstić information content (AvgIpc) is 3.34. The number of esters is 2. The highest BCUT2D eigenvalue weighted by Gasteiger charge is 2.39. The maximum absolute atomic E-state index is 12.0. The third-order valence-electron chi connectivity index (χ3n) is 7.57. The first-order valence-corrected chi connectivity index (χ1v) is 12.2. The lowest BCUT2D eigenvalue weighted by Crippen LogP contribution is -2.39. The number of hydrogen-bond acceptors (Lipinski definition) is 4. The van der Waals surface area contributed by atoms with Gasteiger partial charge in [0, 0.05) is 0 Å². The molecule has 0 aliphatic heterocycles. The van der Waals surface area contributed by atoms with Crippen molar-refractivity contribution in [1.82, 2.24) is 0 Å². The third kappa shape index (κ3) is 7.57. The lowest BCUT2D eigenvalue weighted by Gasteiger charge is -2.34. The molecule has 176 valence electrons. The van der Waals surface area contributed by atoms with E-state index in [-0.39, 0.29) is 34.0 Å². The van der Waals surface area contributed by atoms with Crippen molar-refractivity contribution in [2.75, 3.05) is 0 Å². The van der Waals surface area contributed by atoms with Crippen molar-refractivity contribution in [1.29, 1.82) is 0 Å². The summed E-state index contributed by atoms with van der Waals surface area (Å²) in [5, 5.41) is 0. The van der Waals surface area contributed by atoms with Gasteiger partial charge >= 0.3 is 11.9 Å². The highest BCUT2D eigenvalue weighted by atomic mass is 16.6. The first-order chi connectivity index (χ1) is 13.7. The second-order valence-corrected chi connectivity index (χ2v) is 11.5. The van der Waals surface area contributed by atoms with E-state index in [0.29, 0.717) is 5.92 Å². The van der Waals surface area contributed by atoms with Crippen LogP contribution in [0.5, 0.6) is 0 Å². The minimum absolute atomic E-state index is 0.0376. The molecule has 0 saturated heterocycles. The summed E-state index contributed by atoms with van der Waals surface area (Å²) in [6, 6.07) is 0. The van der Waals surface area contributed by atoms with Crippen molar-refractivity contribution >= 4 is 11.9 Å². The molecule has 0 amide bonds. The summed E-state index contributed by atoms with van der Waals surface area (Å²) in [5.74, 6) is 0.459. The van der Waals surface area contributed by atoms with Crippen LogP contribution < -0.4 is 0 Å². The summed E-state index contributed by atoms with van der Waals surface area (Å²) in [5.41, 5.74) is -1.15. The first-order valence-electron chi connectivity index (χ1n) is 12.2. The lowest BCUT2D eigenvalue weighted by molar-refractivity contribution is -0.172. The fraction of sp³-hybridized carbons (Fsp3) is 0.923. The van der Waals surface area contributed by atoms with Gasteiger partial charge in [-0.25, -0.2) is 0 Å². The molecule has 0 N–H and O–H groups in total. The van der Waals surface area contributed by atoms with Crippen LogP contribution in [0.25, 0.3) is 0 Å². The maximum Gasteiger partial charge on any atom is 0.312 e. The predicted molar refractivity (Wildman–Crippen MR) is 123 cm³/mol. The molecule has 2 fully saturated rings. The number of rotatable bonds is 7. The second kappa shape index (κ2) is 10.5. The van der Waals surface area contributed by atoms with Crippen molar-refractivity contribution in [3.05, 3.63) is 0 Å². The number of ether oxygens (including phenoxy) is 2. The van der Waals surface area contributed by atoms with Gasteiger partial charge in [0.15, 0.2) is 0 Å². The Morgan fingerprint density at radius 1 is 0.800 bits per heavy atom. The fourth-order valence-corrected chi connectivity index (χ4v) is 3.96. The molecule has 2 rings (SSSR count). The number of carbonyl (C=O) groups excluding carboxylic acids is 2. The van der Waals surface area contributed by atoms with Gasteiger partial charge in [-0.3, -0.25) is 9.59 Å². The largest absolute Gasteiger partial charge is 0.459 e. The van der Waals surface area contributed by atoms with Gasteiger partial charge in [0.2, 0.25) is 0 Å². The molecule has 0 atom stereocenters. The quantitative estimate of drug-likeness (QED) is 0.404. The van der Waals surface area contributed by atoms with Crippen molar-refractivity contribution in [2.24, 2.45) is 16.7 Å². The van der Waals surface area contributed by atoms with E-state index in [1.165, 1.54) is 38.5 Å². The Balaban J connectivity index is 0.000000303. The molecule has 2 aliphatic carbocycles. The third-order valence-corrected chi connectivity index (χ3v) is 7.57. The Kier molecular flexibility index (Phi) is 9.44. The van der Waals surface area contributed by atoms with Gasteiger partial charge in [-0.2, -0.15) is 0 Å².